The van der Waals surface area contributed by atoms with Crippen molar-refractivity contribution < 1.29 is 32.6 Å². The number of hydrogen-bond acceptors (Lipinski definition) is 5. The number of aliphatic hydroxyl groups is 1. The van der Waals surface area contributed by atoms with Crippen LogP contribution >= 0.6 is 11.3 Å². The standard InChI is InChI=1S/C18H18F3NO4S/c1-3-22(15(23)14-6-5-11-27-14)13-9-7-12(8-10-13)17(25,18(19,20)21)16(24)26-4-2/h5-11,25H,3-4H2,1-2H3/t17-/m1/s1. The molecule has 1 atom stereocenters. The SMILES string of the molecule is CCOC(=O)[C@](O)(c1ccc(N(CC)C(=O)c2cccs2)cc1)C(F)(F)F. The van der Waals surface area contributed by atoms with Crippen LogP contribution in [0.5, 0.6) is 0 Å². The molecule has 5 nitrogen and oxygen atoms in total. The Labute approximate surface area is 158 Å². The number of benzene rings is 1. The third-order valence-electron chi connectivity index (χ3n) is 3.87. The maximum Gasteiger partial charge on any atom is 0.432 e. The molecule has 0 bridgehead atoms. The first-order chi connectivity index (χ1) is 12.7. The third-order valence-corrected chi connectivity index (χ3v) is 4.73. The monoisotopic (exact) mass is 401 g/mol. The molecule has 9 heteroatoms. The molecule has 0 spiro atoms. The molecule has 146 valence electrons. The van der Waals surface area contributed by atoms with Gasteiger partial charge in [-0.15, -0.1) is 11.3 Å². The van der Waals surface area contributed by atoms with Gasteiger partial charge in [0.25, 0.3) is 11.5 Å². The van der Waals surface area contributed by atoms with Crippen LogP contribution in [0.1, 0.15) is 29.1 Å². The van der Waals surface area contributed by atoms with Crippen LogP contribution in [0.3, 0.4) is 0 Å². The van der Waals surface area contributed by atoms with Crippen molar-refractivity contribution in [2.45, 2.75) is 25.6 Å². The maximum atomic E-state index is 13.4. The number of thiophene rings is 1. The van der Waals surface area contributed by atoms with Gasteiger partial charge in [-0.2, -0.15) is 13.2 Å². The highest BCUT2D eigenvalue weighted by Gasteiger charge is 2.62. The predicted octanol–water partition coefficient (Wildman–Crippen LogP) is 3.73. The Kier molecular flexibility index (Phi) is 6.27. The Hall–Kier alpha value is -2.39. The number of esters is 1. The molecular formula is C18H18F3NO4S. The molecule has 27 heavy (non-hydrogen) atoms. The summed E-state index contributed by atoms with van der Waals surface area (Å²) < 4.78 is 44.6. The van der Waals surface area contributed by atoms with E-state index in [0.717, 1.165) is 12.1 Å². The van der Waals surface area contributed by atoms with Gasteiger partial charge in [-0.3, -0.25) is 4.79 Å². The number of carbonyl (C=O) groups is 2. The van der Waals surface area contributed by atoms with Crippen LogP contribution in [0.2, 0.25) is 0 Å². The molecule has 0 aliphatic rings. The highest BCUT2D eigenvalue weighted by Crippen LogP contribution is 2.40. The number of carbonyl (C=O) groups excluding carboxylic acids is 2. The molecular weight excluding hydrogens is 383 g/mol. The summed E-state index contributed by atoms with van der Waals surface area (Å²) in [4.78, 5) is 26.2. The molecule has 1 aromatic carbocycles. The molecule has 1 N–H and O–H groups in total. The van der Waals surface area contributed by atoms with E-state index in [1.54, 1.807) is 24.4 Å². The second-order valence-electron chi connectivity index (χ2n) is 5.50. The number of hydrogen-bond donors (Lipinski definition) is 1. The van der Waals surface area contributed by atoms with Crippen LogP contribution in [0.4, 0.5) is 18.9 Å². The van der Waals surface area contributed by atoms with E-state index >= 15 is 0 Å². The Morgan fingerprint density at radius 1 is 1.15 bits per heavy atom. The highest BCUT2D eigenvalue weighted by molar-refractivity contribution is 7.12. The van der Waals surface area contributed by atoms with Gasteiger partial charge in [0.1, 0.15) is 0 Å². The molecule has 1 heterocycles. The van der Waals surface area contributed by atoms with Crippen LogP contribution in [0.25, 0.3) is 0 Å². The van der Waals surface area contributed by atoms with Gasteiger partial charge in [-0.25, -0.2) is 4.79 Å². The molecule has 1 aromatic heterocycles. The lowest BCUT2D eigenvalue weighted by Gasteiger charge is -2.29. The van der Waals surface area contributed by atoms with Gasteiger partial charge < -0.3 is 14.7 Å². The van der Waals surface area contributed by atoms with Crippen molar-refractivity contribution in [2.75, 3.05) is 18.1 Å². The summed E-state index contributed by atoms with van der Waals surface area (Å²) in [5.74, 6) is -2.09. The van der Waals surface area contributed by atoms with Gasteiger partial charge >= 0.3 is 12.1 Å². The number of nitrogens with zero attached hydrogens (tertiary/aromatic N) is 1. The summed E-state index contributed by atoms with van der Waals surface area (Å²) in [7, 11) is 0. The Bertz CT molecular complexity index is 790. The summed E-state index contributed by atoms with van der Waals surface area (Å²) in [6.07, 6.45) is -5.27. The number of ether oxygens (including phenoxy) is 1. The normalized spacial score (nSPS) is 13.7. The largest absolute Gasteiger partial charge is 0.463 e. The minimum Gasteiger partial charge on any atom is -0.463 e. The molecule has 0 unspecified atom stereocenters. The summed E-state index contributed by atoms with van der Waals surface area (Å²) in [6, 6.07) is 7.79. The minimum absolute atomic E-state index is 0.289. The average Bonchev–Trinajstić information content (AvgIpc) is 3.16. The van der Waals surface area contributed by atoms with Crippen molar-refractivity contribution in [1.29, 1.82) is 0 Å². The van der Waals surface area contributed by atoms with Crippen LogP contribution in [0.15, 0.2) is 41.8 Å². The van der Waals surface area contributed by atoms with E-state index in [4.69, 9.17) is 0 Å². The van der Waals surface area contributed by atoms with E-state index in [0.29, 0.717) is 10.6 Å². The predicted molar refractivity (Wildman–Crippen MR) is 94.7 cm³/mol. The number of anilines is 1. The van der Waals surface area contributed by atoms with Crippen molar-refractivity contribution in [2.24, 2.45) is 0 Å². The zero-order valence-corrected chi connectivity index (χ0v) is 15.4. The van der Waals surface area contributed by atoms with Crippen molar-refractivity contribution in [1.82, 2.24) is 0 Å². The number of alkyl halides is 3. The van der Waals surface area contributed by atoms with Crippen molar-refractivity contribution in [3.63, 3.8) is 0 Å². The first-order valence-corrected chi connectivity index (χ1v) is 8.97. The van der Waals surface area contributed by atoms with E-state index < -0.39 is 23.3 Å². The number of rotatable bonds is 6. The average molecular weight is 401 g/mol. The minimum atomic E-state index is -5.27. The molecule has 0 aliphatic carbocycles. The molecule has 0 radical (unpaired) electrons. The fourth-order valence-corrected chi connectivity index (χ4v) is 3.16. The second-order valence-corrected chi connectivity index (χ2v) is 6.45. The Morgan fingerprint density at radius 3 is 2.22 bits per heavy atom. The second kappa shape index (κ2) is 8.10. The van der Waals surface area contributed by atoms with Crippen LogP contribution in [0, 0.1) is 0 Å². The van der Waals surface area contributed by atoms with Gasteiger partial charge in [0, 0.05) is 17.8 Å². The van der Waals surface area contributed by atoms with Crippen molar-refractivity contribution in [3.05, 3.63) is 52.2 Å². The summed E-state index contributed by atoms with van der Waals surface area (Å²) in [6.45, 7) is 3.04. The van der Waals surface area contributed by atoms with E-state index in [1.807, 2.05) is 0 Å². The van der Waals surface area contributed by atoms with Crippen LogP contribution < -0.4 is 4.90 Å². The van der Waals surface area contributed by atoms with E-state index in [2.05, 4.69) is 4.74 Å². The van der Waals surface area contributed by atoms with Gasteiger partial charge in [0.15, 0.2) is 0 Å². The van der Waals surface area contributed by atoms with Crippen molar-refractivity contribution in [3.8, 4) is 0 Å². The lowest BCUT2D eigenvalue weighted by Crippen LogP contribution is -2.50. The lowest BCUT2D eigenvalue weighted by atomic mass is 9.93. The van der Waals surface area contributed by atoms with Gasteiger partial charge in [0.05, 0.1) is 11.5 Å². The van der Waals surface area contributed by atoms with Gasteiger partial charge in [-0.1, -0.05) is 18.2 Å². The number of amides is 1. The maximum absolute atomic E-state index is 13.4. The first kappa shape index (κ1) is 20.9. The first-order valence-electron chi connectivity index (χ1n) is 8.09. The zero-order chi connectivity index (χ0) is 20.2. The molecule has 0 saturated heterocycles. The summed E-state index contributed by atoms with van der Waals surface area (Å²) in [5.41, 5.74) is -4.12. The third kappa shape index (κ3) is 3.98. The fraction of sp³-hybridized carbons (Fsp3) is 0.333. The number of halogens is 3. The van der Waals surface area contributed by atoms with E-state index in [-0.39, 0.29) is 19.1 Å². The summed E-state index contributed by atoms with van der Waals surface area (Å²) in [5, 5.41) is 11.8. The molecule has 1 amide bonds. The summed E-state index contributed by atoms with van der Waals surface area (Å²) >= 11 is 1.25. The van der Waals surface area contributed by atoms with E-state index in [1.165, 1.54) is 35.3 Å². The molecule has 2 rings (SSSR count). The molecule has 2 aromatic rings. The topological polar surface area (TPSA) is 66.8 Å². The smallest absolute Gasteiger partial charge is 0.432 e. The van der Waals surface area contributed by atoms with Crippen molar-refractivity contribution >= 4 is 28.9 Å². The molecule has 0 saturated carbocycles. The molecule has 0 aliphatic heterocycles. The zero-order valence-electron chi connectivity index (χ0n) is 14.6. The molecule has 0 fully saturated rings. The fourth-order valence-electron chi connectivity index (χ4n) is 2.49. The quantitative estimate of drug-likeness (QED) is 0.749. The van der Waals surface area contributed by atoms with E-state index in [9.17, 15) is 27.9 Å². The van der Waals surface area contributed by atoms with Crippen LogP contribution in [-0.4, -0.2) is 36.3 Å². The highest BCUT2D eigenvalue weighted by atomic mass is 32.1. The van der Waals surface area contributed by atoms with Gasteiger partial charge in [-0.05, 0) is 37.4 Å². The Balaban J connectivity index is 2.39. The van der Waals surface area contributed by atoms with Gasteiger partial charge in [0.2, 0.25) is 0 Å². The lowest BCUT2D eigenvalue weighted by molar-refractivity contribution is -0.267. The van der Waals surface area contributed by atoms with Crippen LogP contribution in [-0.2, 0) is 15.1 Å². The Morgan fingerprint density at radius 2 is 1.78 bits per heavy atom.